The lowest BCUT2D eigenvalue weighted by molar-refractivity contribution is -0.121. The van der Waals surface area contributed by atoms with E-state index in [1.807, 2.05) is 19.1 Å². The number of aliphatic hydroxyl groups is 1. The summed E-state index contributed by atoms with van der Waals surface area (Å²) in [5.41, 5.74) is 1.03. The number of phenols is 1. The summed E-state index contributed by atoms with van der Waals surface area (Å²) in [4.78, 5) is 11.6. The number of rotatable bonds is 7. The summed E-state index contributed by atoms with van der Waals surface area (Å²) in [5, 5.41) is 18.6. The molecule has 0 aromatic heterocycles. The van der Waals surface area contributed by atoms with E-state index in [4.69, 9.17) is 5.11 Å². The molecule has 0 fully saturated rings. The molecule has 0 heterocycles. The molecule has 3 nitrogen and oxygen atoms in total. The maximum Gasteiger partial charge on any atom is 0.135 e. The Bertz CT molecular complexity index is 343. The molecule has 0 aliphatic carbocycles. The van der Waals surface area contributed by atoms with Crippen molar-refractivity contribution in [1.82, 2.24) is 0 Å². The van der Waals surface area contributed by atoms with Crippen LogP contribution in [0.3, 0.4) is 0 Å². The number of carbonyl (C=O) groups excluding carboxylic acids is 1. The van der Waals surface area contributed by atoms with Crippen molar-refractivity contribution in [2.45, 2.75) is 45.1 Å². The Labute approximate surface area is 102 Å². The molecule has 0 bridgehead atoms. The third-order valence-electron chi connectivity index (χ3n) is 2.71. The SMILES string of the molecule is CCCC(O)CC(=O)CCc1ccc(O)cc1. The van der Waals surface area contributed by atoms with E-state index in [9.17, 15) is 9.90 Å². The van der Waals surface area contributed by atoms with Crippen LogP contribution in [0.2, 0.25) is 0 Å². The van der Waals surface area contributed by atoms with Gasteiger partial charge < -0.3 is 10.2 Å². The number of carbonyl (C=O) groups is 1. The Morgan fingerprint density at radius 3 is 2.53 bits per heavy atom. The average Bonchev–Trinajstić information content (AvgIpc) is 2.28. The molecule has 1 atom stereocenters. The highest BCUT2D eigenvalue weighted by Crippen LogP contribution is 2.12. The molecular formula is C14H20O3. The highest BCUT2D eigenvalue weighted by Gasteiger charge is 2.09. The number of aliphatic hydroxyl groups excluding tert-OH is 1. The van der Waals surface area contributed by atoms with Crippen LogP contribution < -0.4 is 0 Å². The van der Waals surface area contributed by atoms with Crippen LogP contribution in [0.25, 0.3) is 0 Å². The molecule has 1 rings (SSSR count). The van der Waals surface area contributed by atoms with Gasteiger partial charge >= 0.3 is 0 Å². The summed E-state index contributed by atoms with van der Waals surface area (Å²) in [7, 11) is 0. The van der Waals surface area contributed by atoms with Crippen molar-refractivity contribution in [2.75, 3.05) is 0 Å². The molecule has 1 unspecified atom stereocenters. The highest BCUT2D eigenvalue weighted by molar-refractivity contribution is 5.79. The van der Waals surface area contributed by atoms with Crippen LogP contribution in [0.1, 0.15) is 38.2 Å². The number of hydrogen-bond acceptors (Lipinski definition) is 3. The molecule has 0 saturated heterocycles. The van der Waals surface area contributed by atoms with Crippen molar-refractivity contribution in [2.24, 2.45) is 0 Å². The summed E-state index contributed by atoms with van der Waals surface area (Å²) < 4.78 is 0. The van der Waals surface area contributed by atoms with Crippen LogP contribution in [-0.4, -0.2) is 22.1 Å². The van der Waals surface area contributed by atoms with Gasteiger partial charge in [-0.25, -0.2) is 0 Å². The number of aryl methyl sites for hydroxylation is 1. The first-order valence-corrected chi connectivity index (χ1v) is 6.09. The van der Waals surface area contributed by atoms with E-state index in [1.165, 1.54) is 0 Å². The second-order valence-corrected chi connectivity index (χ2v) is 4.35. The second kappa shape index (κ2) is 7.07. The predicted molar refractivity (Wildman–Crippen MR) is 67.0 cm³/mol. The zero-order chi connectivity index (χ0) is 12.7. The van der Waals surface area contributed by atoms with Gasteiger partial charge in [0.15, 0.2) is 0 Å². The van der Waals surface area contributed by atoms with E-state index in [2.05, 4.69) is 0 Å². The first kappa shape index (κ1) is 13.7. The van der Waals surface area contributed by atoms with Gasteiger partial charge in [0, 0.05) is 12.8 Å². The van der Waals surface area contributed by atoms with Gasteiger partial charge in [-0.3, -0.25) is 4.79 Å². The summed E-state index contributed by atoms with van der Waals surface area (Å²) in [6.07, 6.45) is 2.46. The van der Waals surface area contributed by atoms with E-state index in [0.29, 0.717) is 19.3 Å². The van der Waals surface area contributed by atoms with E-state index >= 15 is 0 Å². The first-order valence-electron chi connectivity index (χ1n) is 6.09. The number of Topliss-reactive ketones (excluding diaryl/α,β-unsaturated/α-hetero) is 1. The lowest BCUT2D eigenvalue weighted by Gasteiger charge is -2.08. The van der Waals surface area contributed by atoms with Crippen molar-refractivity contribution in [3.05, 3.63) is 29.8 Å². The molecule has 94 valence electrons. The van der Waals surface area contributed by atoms with Crippen LogP contribution in [-0.2, 0) is 11.2 Å². The van der Waals surface area contributed by atoms with E-state index in [0.717, 1.165) is 12.0 Å². The largest absolute Gasteiger partial charge is 0.508 e. The maximum atomic E-state index is 11.6. The number of hydrogen-bond donors (Lipinski definition) is 2. The molecule has 3 heteroatoms. The zero-order valence-electron chi connectivity index (χ0n) is 10.2. The van der Waals surface area contributed by atoms with E-state index in [1.54, 1.807) is 12.1 Å². The van der Waals surface area contributed by atoms with Crippen molar-refractivity contribution in [3.8, 4) is 5.75 Å². The summed E-state index contributed by atoms with van der Waals surface area (Å²) in [6, 6.07) is 6.85. The van der Waals surface area contributed by atoms with Crippen LogP contribution in [0.5, 0.6) is 5.75 Å². The molecular weight excluding hydrogens is 216 g/mol. The molecule has 2 N–H and O–H groups in total. The number of aromatic hydroxyl groups is 1. The molecule has 1 aromatic carbocycles. The summed E-state index contributed by atoms with van der Waals surface area (Å²) in [6.45, 7) is 1.99. The number of ketones is 1. The van der Waals surface area contributed by atoms with Gasteiger partial charge in [0.05, 0.1) is 6.10 Å². The number of benzene rings is 1. The van der Waals surface area contributed by atoms with Crippen LogP contribution in [0, 0.1) is 0 Å². The zero-order valence-corrected chi connectivity index (χ0v) is 10.2. The quantitative estimate of drug-likeness (QED) is 0.764. The molecule has 0 aliphatic heterocycles. The minimum atomic E-state index is -0.493. The fourth-order valence-corrected chi connectivity index (χ4v) is 1.75. The van der Waals surface area contributed by atoms with Crippen molar-refractivity contribution in [3.63, 3.8) is 0 Å². The molecule has 0 amide bonds. The fraction of sp³-hybridized carbons (Fsp3) is 0.500. The lowest BCUT2D eigenvalue weighted by atomic mass is 10.0. The van der Waals surface area contributed by atoms with E-state index < -0.39 is 6.10 Å². The minimum Gasteiger partial charge on any atom is -0.508 e. The van der Waals surface area contributed by atoms with Gasteiger partial charge in [-0.1, -0.05) is 25.5 Å². The van der Waals surface area contributed by atoms with Gasteiger partial charge in [-0.15, -0.1) is 0 Å². The number of phenolic OH excluding ortho intramolecular Hbond substituents is 1. The van der Waals surface area contributed by atoms with E-state index in [-0.39, 0.29) is 18.0 Å². The molecule has 1 aromatic rings. The fourth-order valence-electron chi connectivity index (χ4n) is 1.75. The Hall–Kier alpha value is -1.35. The minimum absolute atomic E-state index is 0.0963. The highest BCUT2D eigenvalue weighted by atomic mass is 16.3. The molecule has 0 radical (unpaired) electrons. The van der Waals surface area contributed by atoms with Crippen molar-refractivity contribution in [1.29, 1.82) is 0 Å². The van der Waals surface area contributed by atoms with Crippen LogP contribution in [0.15, 0.2) is 24.3 Å². The van der Waals surface area contributed by atoms with Gasteiger partial charge in [-0.05, 0) is 30.5 Å². The Morgan fingerprint density at radius 2 is 1.94 bits per heavy atom. The topological polar surface area (TPSA) is 57.5 Å². The van der Waals surface area contributed by atoms with Gasteiger partial charge in [0.1, 0.15) is 11.5 Å². The van der Waals surface area contributed by atoms with Crippen LogP contribution in [0.4, 0.5) is 0 Å². The van der Waals surface area contributed by atoms with Crippen LogP contribution >= 0.6 is 0 Å². The lowest BCUT2D eigenvalue weighted by Crippen LogP contribution is -2.13. The van der Waals surface area contributed by atoms with Gasteiger partial charge in [0.2, 0.25) is 0 Å². The van der Waals surface area contributed by atoms with Crippen molar-refractivity contribution >= 4 is 5.78 Å². The van der Waals surface area contributed by atoms with Gasteiger partial charge in [-0.2, -0.15) is 0 Å². The molecule has 0 spiro atoms. The Kier molecular flexibility index (Phi) is 5.70. The smallest absolute Gasteiger partial charge is 0.135 e. The summed E-state index contributed by atoms with van der Waals surface area (Å²) in [5.74, 6) is 0.331. The maximum absolute atomic E-state index is 11.6. The standard InChI is InChI=1S/C14H20O3/c1-2-3-13(16)10-14(17)9-6-11-4-7-12(15)8-5-11/h4-5,7-8,13,15-16H,2-3,6,9-10H2,1H3. The van der Waals surface area contributed by atoms with Crippen molar-refractivity contribution < 1.29 is 15.0 Å². The molecule has 0 saturated carbocycles. The Morgan fingerprint density at radius 1 is 1.29 bits per heavy atom. The normalized spacial score (nSPS) is 12.4. The molecule has 0 aliphatic rings. The predicted octanol–water partition coefficient (Wildman–Crippen LogP) is 2.45. The average molecular weight is 236 g/mol. The third-order valence-corrected chi connectivity index (χ3v) is 2.71. The monoisotopic (exact) mass is 236 g/mol. The van der Waals surface area contributed by atoms with Gasteiger partial charge in [0.25, 0.3) is 0 Å². The summed E-state index contributed by atoms with van der Waals surface area (Å²) >= 11 is 0. The second-order valence-electron chi connectivity index (χ2n) is 4.35. The third kappa shape index (κ3) is 5.50. The Balaban J connectivity index is 2.30. The molecule has 17 heavy (non-hydrogen) atoms. The first-order chi connectivity index (χ1) is 8.11.